The van der Waals surface area contributed by atoms with Gasteiger partial charge in [0.2, 0.25) is 0 Å². The molecule has 2 atom stereocenters. The minimum absolute atomic E-state index is 0.0544. The number of rotatable bonds is 6. The minimum atomic E-state index is -0.0544. The zero-order valence-electron chi connectivity index (χ0n) is 17.2. The smallest absolute Gasteiger partial charge is 0.251 e. The molecule has 4 rings (SSSR count). The highest BCUT2D eigenvalue weighted by atomic mass is 35.5. The molecule has 2 unspecified atom stereocenters. The number of hydrogen-bond acceptors (Lipinski definition) is 4. The molecule has 29 heavy (non-hydrogen) atoms. The molecule has 0 bridgehead atoms. The summed E-state index contributed by atoms with van der Waals surface area (Å²) in [5, 5.41) is 1.39. The van der Waals surface area contributed by atoms with E-state index in [2.05, 4.69) is 27.5 Å². The predicted octanol–water partition coefficient (Wildman–Crippen LogP) is 4.84. The molecule has 2 N–H and O–H groups in total. The summed E-state index contributed by atoms with van der Waals surface area (Å²) >= 11 is 6.12. The summed E-state index contributed by atoms with van der Waals surface area (Å²) < 4.78 is 3.78. The van der Waals surface area contributed by atoms with Crippen LogP contribution in [0.2, 0.25) is 5.15 Å². The van der Waals surface area contributed by atoms with E-state index in [-0.39, 0.29) is 5.56 Å². The van der Waals surface area contributed by atoms with E-state index in [0.717, 1.165) is 30.3 Å². The fourth-order valence-electron chi connectivity index (χ4n) is 3.73. The van der Waals surface area contributed by atoms with Crippen LogP contribution in [0.5, 0.6) is 0 Å². The van der Waals surface area contributed by atoms with E-state index in [1.54, 1.807) is 22.8 Å². The van der Waals surface area contributed by atoms with Crippen molar-refractivity contribution in [2.75, 3.05) is 5.73 Å². The van der Waals surface area contributed by atoms with Gasteiger partial charge in [-0.05, 0) is 44.2 Å². The number of pyridine rings is 1. The Bertz CT molecular complexity index is 1070. The van der Waals surface area contributed by atoms with Crippen molar-refractivity contribution in [2.45, 2.75) is 52.6 Å². The molecule has 0 radical (unpaired) electrons. The van der Waals surface area contributed by atoms with Crippen LogP contribution in [0.15, 0.2) is 53.2 Å². The quantitative estimate of drug-likeness (QED) is 0.463. The number of halogens is 1. The molecule has 1 aliphatic carbocycles. The highest BCUT2D eigenvalue weighted by Gasteiger charge is 2.21. The summed E-state index contributed by atoms with van der Waals surface area (Å²) in [6.45, 7) is 6.79. The second-order valence-electron chi connectivity index (χ2n) is 7.21. The van der Waals surface area contributed by atoms with E-state index in [0.29, 0.717) is 29.5 Å². The molecule has 0 saturated heterocycles. The monoisotopic (exact) mass is 413 g/mol. The van der Waals surface area contributed by atoms with Gasteiger partial charge in [0, 0.05) is 24.8 Å². The molecular weight excluding hydrogens is 386 g/mol. The molecule has 3 aromatic rings. The van der Waals surface area contributed by atoms with Crippen LogP contribution in [0.3, 0.4) is 0 Å². The molecule has 0 amide bonds. The summed E-state index contributed by atoms with van der Waals surface area (Å²) in [5.41, 5.74) is 8.02. The largest absolute Gasteiger partial charge is 0.383 e. The Hall–Kier alpha value is -2.60. The molecular formula is C22H28ClN5O. The molecule has 1 aliphatic rings. The van der Waals surface area contributed by atoms with E-state index < -0.39 is 0 Å². The van der Waals surface area contributed by atoms with Crippen molar-refractivity contribution >= 4 is 28.5 Å². The summed E-state index contributed by atoms with van der Waals surface area (Å²) in [7, 11) is 0. The van der Waals surface area contributed by atoms with Gasteiger partial charge in [-0.25, -0.2) is 9.97 Å². The van der Waals surface area contributed by atoms with Crippen LogP contribution in [0.25, 0.3) is 11.0 Å². The molecule has 3 heterocycles. The van der Waals surface area contributed by atoms with E-state index in [9.17, 15) is 4.79 Å². The first-order valence-corrected chi connectivity index (χ1v) is 10.5. The highest BCUT2D eigenvalue weighted by molar-refractivity contribution is 6.29. The molecule has 154 valence electrons. The number of allylic oxidation sites excluding steroid dienone is 2. The van der Waals surface area contributed by atoms with Gasteiger partial charge in [-0.3, -0.25) is 9.36 Å². The van der Waals surface area contributed by atoms with Crippen molar-refractivity contribution in [2.24, 2.45) is 5.92 Å². The second kappa shape index (κ2) is 9.27. The first-order chi connectivity index (χ1) is 14.0. The van der Waals surface area contributed by atoms with Gasteiger partial charge in [0.25, 0.3) is 5.56 Å². The van der Waals surface area contributed by atoms with Crippen molar-refractivity contribution in [1.82, 2.24) is 19.1 Å². The Balaban J connectivity index is 0.00000117. The van der Waals surface area contributed by atoms with E-state index in [4.69, 9.17) is 17.3 Å². The maximum absolute atomic E-state index is 11.9. The lowest BCUT2D eigenvalue weighted by Crippen LogP contribution is -2.24. The zero-order valence-corrected chi connectivity index (χ0v) is 17.9. The third-order valence-electron chi connectivity index (χ3n) is 5.32. The van der Waals surface area contributed by atoms with Gasteiger partial charge in [-0.15, -0.1) is 0 Å². The average molecular weight is 414 g/mol. The maximum Gasteiger partial charge on any atom is 0.251 e. The molecule has 0 fully saturated rings. The number of nitrogens with two attached hydrogens (primary N) is 1. The van der Waals surface area contributed by atoms with Crippen molar-refractivity contribution < 1.29 is 0 Å². The Morgan fingerprint density at radius 1 is 1.28 bits per heavy atom. The predicted molar refractivity (Wildman–Crippen MR) is 119 cm³/mol. The van der Waals surface area contributed by atoms with Crippen LogP contribution < -0.4 is 11.3 Å². The number of anilines is 1. The number of hydrogen-bond donors (Lipinski definition) is 1. The third kappa shape index (κ3) is 4.53. The zero-order chi connectivity index (χ0) is 21.0. The Kier molecular flexibility index (Phi) is 6.75. The maximum atomic E-state index is 11.9. The van der Waals surface area contributed by atoms with E-state index in [1.807, 2.05) is 26.1 Å². The van der Waals surface area contributed by atoms with E-state index >= 15 is 0 Å². The van der Waals surface area contributed by atoms with Gasteiger partial charge >= 0.3 is 0 Å². The van der Waals surface area contributed by atoms with Crippen LogP contribution in [0.4, 0.5) is 5.82 Å². The molecule has 7 heteroatoms. The molecule has 0 spiro atoms. The van der Waals surface area contributed by atoms with Gasteiger partial charge in [0.15, 0.2) is 0 Å². The van der Waals surface area contributed by atoms with Crippen molar-refractivity contribution in [1.29, 1.82) is 0 Å². The van der Waals surface area contributed by atoms with Crippen LogP contribution in [0, 0.1) is 5.92 Å². The molecule has 3 aromatic heterocycles. The van der Waals surface area contributed by atoms with Gasteiger partial charge in [-0.2, -0.15) is 0 Å². The number of nitrogen functional groups attached to an aromatic ring is 1. The van der Waals surface area contributed by atoms with Gasteiger partial charge in [0.1, 0.15) is 22.9 Å². The molecule has 0 aliphatic heterocycles. The van der Waals surface area contributed by atoms with Gasteiger partial charge < -0.3 is 10.3 Å². The van der Waals surface area contributed by atoms with Crippen LogP contribution >= 0.6 is 11.6 Å². The normalized spacial score (nSPS) is 16.6. The lowest BCUT2D eigenvalue weighted by atomic mass is 9.82. The number of nitrogens with zero attached hydrogens (tertiary/aromatic N) is 4. The fourth-order valence-corrected chi connectivity index (χ4v) is 3.95. The topological polar surface area (TPSA) is 78.7 Å². The lowest BCUT2D eigenvalue weighted by Gasteiger charge is -2.27. The lowest BCUT2D eigenvalue weighted by molar-refractivity contribution is 0.420. The van der Waals surface area contributed by atoms with Gasteiger partial charge in [0.05, 0.1) is 5.39 Å². The highest BCUT2D eigenvalue weighted by Crippen LogP contribution is 2.33. The average Bonchev–Trinajstić information content (AvgIpc) is 3.12. The van der Waals surface area contributed by atoms with E-state index in [1.165, 1.54) is 11.9 Å². The minimum Gasteiger partial charge on any atom is -0.383 e. The van der Waals surface area contributed by atoms with Crippen molar-refractivity contribution in [3.05, 3.63) is 63.9 Å². The van der Waals surface area contributed by atoms with Crippen LogP contribution in [0.1, 0.15) is 46.1 Å². The molecule has 0 saturated carbocycles. The summed E-state index contributed by atoms with van der Waals surface area (Å²) in [6, 6.07) is 7.29. The molecule has 6 nitrogen and oxygen atoms in total. The fraction of sp³-hybridized carbons (Fsp3) is 0.409. The molecule has 0 aromatic carbocycles. The van der Waals surface area contributed by atoms with Crippen LogP contribution in [-0.4, -0.2) is 19.1 Å². The number of fused-ring (bicyclic) bond motifs is 1. The first-order valence-electron chi connectivity index (χ1n) is 10.1. The van der Waals surface area contributed by atoms with Crippen molar-refractivity contribution in [3.63, 3.8) is 0 Å². The Morgan fingerprint density at radius 3 is 2.76 bits per heavy atom. The SMILES string of the molecule is CC.CC(CCC1C=C(Cn2c(Cl)cccc2=O)C1)n1ccc2c(N)ncnc21. The van der Waals surface area contributed by atoms with Crippen LogP contribution in [-0.2, 0) is 6.54 Å². The van der Waals surface area contributed by atoms with Gasteiger partial charge in [-0.1, -0.05) is 43.2 Å². The standard InChI is InChI=1S/C20H22ClN5O.C2H6/c1-13(25-8-7-16-19(22)23-12-24-20(16)25)5-6-14-9-15(10-14)11-26-17(21)3-2-4-18(26)27;1-2/h2-4,7-9,12-14H,5-6,10-11H2,1H3,(H2,22,23,24);1-2H3. The third-order valence-corrected chi connectivity index (χ3v) is 5.65. The summed E-state index contributed by atoms with van der Waals surface area (Å²) in [5.74, 6) is 1.08. The summed E-state index contributed by atoms with van der Waals surface area (Å²) in [4.78, 5) is 20.3. The number of aromatic nitrogens is 4. The summed E-state index contributed by atoms with van der Waals surface area (Å²) in [6.07, 6.45) is 8.99. The Labute approximate surface area is 176 Å². The first kappa shape index (κ1) is 21.1. The second-order valence-corrected chi connectivity index (χ2v) is 7.59. The Morgan fingerprint density at radius 2 is 2.03 bits per heavy atom. The van der Waals surface area contributed by atoms with Crippen molar-refractivity contribution in [3.8, 4) is 0 Å².